The summed E-state index contributed by atoms with van der Waals surface area (Å²) in [6.45, 7) is 8.31. The average Bonchev–Trinajstić information content (AvgIpc) is 3.63. The minimum absolute atomic E-state index is 0.00968. The van der Waals surface area contributed by atoms with Crippen LogP contribution in [0.4, 0.5) is 10.6 Å². The molecule has 4 aromatic heterocycles. The summed E-state index contributed by atoms with van der Waals surface area (Å²) in [6.07, 6.45) is 4.42. The molecule has 1 N–H and O–H groups in total. The highest BCUT2D eigenvalue weighted by molar-refractivity contribution is 5.92. The van der Waals surface area contributed by atoms with E-state index in [1.165, 1.54) is 0 Å². The first-order valence-corrected chi connectivity index (χ1v) is 13.1. The third-order valence-corrected chi connectivity index (χ3v) is 6.76. The highest BCUT2D eigenvalue weighted by atomic mass is 16.6. The van der Waals surface area contributed by atoms with Gasteiger partial charge < -0.3 is 29.0 Å². The van der Waals surface area contributed by atoms with Gasteiger partial charge in [0.25, 0.3) is 0 Å². The standard InChI is InChI=1S/C27H31N7O5/c1-27(2,3)39-26(36)33-12-10-32(11-13-33)25-18-14-21(38-20(18)8-9-28-25)19-15-29-22-5-7-24(31-34(19)22)37-16-17-4-6-23(35)30-17/h5,7-9,14-15,17H,4,6,10-13,16H2,1-3H3,(H,30,35). The van der Waals surface area contributed by atoms with E-state index in [9.17, 15) is 9.59 Å². The minimum Gasteiger partial charge on any atom is -0.474 e. The van der Waals surface area contributed by atoms with Gasteiger partial charge in [-0.2, -0.15) is 0 Å². The van der Waals surface area contributed by atoms with E-state index in [1.807, 2.05) is 39.0 Å². The van der Waals surface area contributed by atoms with E-state index < -0.39 is 5.60 Å². The van der Waals surface area contributed by atoms with Crippen molar-refractivity contribution < 1.29 is 23.5 Å². The van der Waals surface area contributed by atoms with Crippen LogP contribution in [0.2, 0.25) is 0 Å². The van der Waals surface area contributed by atoms with Crippen molar-refractivity contribution in [1.82, 2.24) is 29.8 Å². The van der Waals surface area contributed by atoms with Crippen LogP contribution in [-0.4, -0.2) is 80.9 Å². The highest BCUT2D eigenvalue weighted by Crippen LogP contribution is 2.33. The van der Waals surface area contributed by atoms with Gasteiger partial charge in [0.15, 0.2) is 11.4 Å². The maximum atomic E-state index is 12.5. The Morgan fingerprint density at radius 3 is 2.72 bits per heavy atom. The van der Waals surface area contributed by atoms with Crippen molar-refractivity contribution >= 4 is 34.4 Å². The van der Waals surface area contributed by atoms with Gasteiger partial charge in [0.1, 0.15) is 29.3 Å². The topological polar surface area (TPSA) is 127 Å². The largest absolute Gasteiger partial charge is 0.474 e. The van der Waals surface area contributed by atoms with Crippen molar-refractivity contribution in [3.63, 3.8) is 0 Å². The lowest BCUT2D eigenvalue weighted by Crippen LogP contribution is -2.50. The molecule has 2 fully saturated rings. The van der Waals surface area contributed by atoms with Gasteiger partial charge in [0, 0.05) is 44.9 Å². The number of ether oxygens (including phenoxy) is 2. The number of carbonyl (C=O) groups is 2. The Labute approximate surface area is 224 Å². The molecule has 0 spiro atoms. The van der Waals surface area contributed by atoms with E-state index in [0.29, 0.717) is 67.8 Å². The van der Waals surface area contributed by atoms with Crippen LogP contribution in [0.5, 0.6) is 5.88 Å². The lowest BCUT2D eigenvalue weighted by molar-refractivity contribution is -0.119. The second-order valence-electron chi connectivity index (χ2n) is 10.8. The Bertz CT molecular complexity index is 1530. The van der Waals surface area contributed by atoms with E-state index in [4.69, 9.17) is 13.9 Å². The number of hydrogen-bond acceptors (Lipinski definition) is 9. The zero-order valence-corrected chi connectivity index (χ0v) is 22.2. The zero-order chi connectivity index (χ0) is 27.1. The number of rotatable bonds is 5. The lowest BCUT2D eigenvalue weighted by atomic mass is 10.2. The van der Waals surface area contributed by atoms with Crippen LogP contribution in [0.1, 0.15) is 33.6 Å². The maximum absolute atomic E-state index is 12.5. The molecule has 2 amide bonds. The molecule has 1 unspecified atom stereocenters. The van der Waals surface area contributed by atoms with Crippen LogP contribution in [0.25, 0.3) is 28.1 Å². The second kappa shape index (κ2) is 9.75. The number of imidazole rings is 1. The van der Waals surface area contributed by atoms with Crippen LogP contribution < -0.4 is 15.0 Å². The van der Waals surface area contributed by atoms with Gasteiger partial charge in [-0.05, 0) is 45.4 Å². The molecule has 39 heavy (non-hydrogen) atoms. The molecule has 12 heteroatoms. The molecule has 0 bridgehead atoms. The molecule has 2 aliphatic rings. The van der Waals surface area contributed by atoms with Crippen LogP contribution in [-0.2, 0) is 9.53 Å². The summed E-state index contributed by atoms with van der Waals surface area (Å²) < 4.78 is 19.3. The second-order valence-corrected chi connectivity index (χ2v) is 10.8. The number of carbonyl (C=O) groups excluding carboxylic acids is 2. The SMILES string of the molecule is CC(C)(C)OC(=O)N1CCN(c2nccc3oc(-c4cnc5ccc(OCC6CCC(=O)N6)nn45)cc23)CC1. The number of fused-ring (bicyclic) bond motifs is 2. The summed E-state index contributed by atoms with van der Waals surface area (Å²) in [5.41, 5.74) is 1.51. The number of piperazine rings is 1. The molecule has 6 rings (SSSR count). The Balaban J connectivity index is 1.21. The first-order valence-electron chi connectivity index (χ1n) is 13.1. The number of pyridine rings is 1. The molecule has 12 nitrogen and oxygen atoms in total. The third kappa shape index (κ3) is 5.18. The molecule has 2 aliphatic heterocycles. The molecule has 2 saturated heterocycles. The smallest absolute Gasteiger partial charge is 0.410 e. The fraction of sp³-hybridized carbons (Fsp3) is 0.444. The normalized spacial score (nSPS) is 18.1. The molecular weight excluding hydrogens is 502 g/mol. The van der Waals surface area contributed by atoms with Crippen LogP contribution in [0.3, 0.4) is 0 Å². The molecule has 0 aliphatic carbocycles. The molecule has 0 saturated carbocycles. The molecule has 4 aromatic rings. The first kappa shape index (κ1) is 25.0. The summed E-state index contributed by atoms with van der Waals surface area (Å²) >= 11 is 0. The fourth-order valence-corrected chi connectivity index (χ4v) is 4.84. The number of anilines is 1. The van der Waals surface area contributed by atoms with E-state index in [2.05, 4.69) is 25.3 Å². The lowest BCUT2D eigenvalue weighted by Gasteiger charge is -2.36. The molecule has 0 radical (unpaired) electrons. The van der Waals surface area contributed by atoms with E-state index in [1.54, 1.807) is 27.9 Å². The van der Waals surface area contributed by atoms with Crippen LogP contribution >= 0.6 is 0 Å². The minimum atomic E-state index is -0.526. The highest BCUT2D eigenvalue weighted by Gasteiger charge is 2.28. The number of hydrogen-bond donors (Lipinski definition) is 1. The Hall–Kier alpha value is -4.35. The van der Waals surface area contributed by atoms with Gasteiger partial charge in [-0.3, -0.25) is 4.79 Å². The molecule has 0 aromatic carbocycles. The molecule has 1 atom stereocenters. The van der Waals surface area contributed by atoms with Gasteiger partial charge in [0.2, 0.25) is 11.8 Å². The molecular formula is C27H31N7O5. The molecule has 204 valence electrons. The number of furan rings is 1. The van der Waals surface area contributed by atoms with Gasteiger partial charge in [-0.1, -0.05) is 0 Å². The maximum Gasteiger partial charge on any atom is 0.410 e. The number of nitrogens with one attached hydrogen (secondary N) is 1. The van der Waals surface area contributed by atoms with Crippen molar-refractivity contribution in [1.29, 1.82) is 0 Å². The first-order chi connectivity index (χ1) is 18.7. The predicted molar refractivity (Wildman–Crippen MR) is 143 cm³/mol. The van der Waals surface area contributed by atoms with Crippen molar-refractivity contribution in [2.24, 2.45) is 0 Å². The van der Waals surface area contributed by atoms with Crippen molar-refractivity contribution in [3.8, 4) is 17.3 Å². The van der Waals surface area contributed by atoms with Gasteiger partial charge in [-0.25, -0.2) is 19.3 Å². The Morgan fingerprint density at radius 2 is 1.97 bits per heavy atom. The van der Waals surface area contributed by atoms with Crippen molar-refractivity contribution in [3.05, 3.63) is 36.7 Å². The van der Waals surface area contributed by atoms with Crippen LogP contribution in [0.15, 0.2) is 41.1 Å². The Kier molecular flexibility index (Phi) is 6.24. The zero-order valence-electron chi connectivity index (χ0n) is 22.2. The monoisotopic (exact) mass is 533 g/mol. The van der Waals surface area contributed by atoms with Gasteiger partial charge in [0.05, 0.1) is 17.6 Å². The Morgan fingerprint density at radius 1 is 1.15 bits per heavy atom. The third-order valence-electron chi connectivity index (χ3n) is 6.76. The number of nitrogens with zero attached hydrogens (tertiary/aromatic N) is 6. The van der Waals surface area contributed by atoms with Crippen LogP contribution in [0, 0.1) is 0 Å². The summed E-state index contributed by atoms with van der Waals surface area (Å²) in [7, 11) is 0. The quantitative estimate of drug-likeness (QED) is 0.411. The molecule has 6 heterocycles. The van der Waals surface area contributed by atoms with Crippen molar-refractivity contribution in [2.45, 2.75) is 45.3 Å². The predicted octanol–water partition coefficient (Wildman–Crippen LogP) is 3.25. The average molecular weight is 534 g/mol. The van der Waals surface area contributed by atoms with E-state index in [-0.39, 0.29) is 18.0 Å². The van der Waals surface area contributed by atoms with E-state index >= 15 is 0 Å². The summed E-state index contributed by atoms with van der Waals surface area (Å²) in [5, 5.41) is 8.38. The van der Waals surface area contributed by atoms with E-state index in [0.717, 1.165) is 17.6 Å². The fourth-order valence-electron chi connectivity index (χ4n) is 4.84. The summed E-state index contributed by atoms with van der Waals surface area (Å²) in [5.74, 6) is 1.89. The summed E-state index contributed by atoms with van der Waals surface area (Å²) in [6, 6.07) is 7.37. The number of amides is 2. The summed E-state index contributed by atoms with van der Waals surface area (Å²) in [4.78, 5) is 36.9. The number of aromatic nitrogens is 4. The van der Waals surface area contributed by atoms with Crippen molar-refractivity contribution in [2.75, 3.05) is 37.7 Å². The van der Waals surface area contributed by atoms with Gasteiger partial charge >= 0.3 is 6.09 Å². The van der Waals surface area contributed by atoms with Gasteiger partial charge in [-0.15, -0.1) is 5.10 Å².